The average Bonchev–Trinajstić information content (AvgIpc) is 3.08. The van der Waals surface area contributed by atoms with E-state index in [0.717, 1.165) is 5.56 Å². The van der Waals surface area contributed by atoms with Crippen molar-refractivity contribution < 1.29 is 19.0 Å². The minimum Gasteiger partial charge on any atom is -0.487 e. The second kappa shape index (κ2) is 9.81. The van der Waals surface area contributed by atoms with E-state index >= 15 is 0 Å². The fourth-order valence-electron chi connectivity index (χ4n) is 2.90. The van der Waals surface area contributed by atoms with E-state index < -0.39 is 5.97 Å². The van der Waals surface area contributed by atoms with Gasteiger partial charge in [0.05, 0.1) is 12.2 Å². The lowest BCUT2D eigenvalue weighted by molar-refractivity contribution is -0.139. The Kier molecular flexibility index (Phi) is 6.93. The number of benzene rings is 1. The van der Waals surface area contributed by atoms with Crippen molar-refractivity contribution >= 4 is 17.7 Å². The van der Waals surface area contributed by atoms with Crippen LogP contribution in [0.4, 0.5) is 0 Å². The van der Waals surface area contributed by atoms with Crippen molar-refractivity contribution in [3.63, 3.8) is 0 Å². The summed E-state index contributed by atoms with van der Waals surface area (Å²) in [6, 6.07) is 14.8. The number of carbonyl (C=O) groups excluding carboxylic acids is 1. The highest BCUT2D eigenvalue weighted by molar-refractivity contribution is 5.98. The van der Waals surface area contributed by atoms with Gasteiger partial charge < -0.3 is 14.2 Å². The maximum Gasteiger partial charge on any atom is 0.349 e. The first kappa shape index (κ1) is 21.9. The molecule has 0 atom stereocenters. The number of fused-ring (bicyclic) bond motifs is 1. The molecule has 0 fully saturated rings. The molecule has 0 bridgehead atoms. The SMILES string of the molecule is CC(C)Oc1nc2c(OC(C)C)cccn2c1/C=C(/C#N)C(=O)OCc1ccccc1. The Morgan fingerprint density at radius 1 is 1.10 bits per heavy atom. The lowest BCUT2D eigenvalue weighted by Gasteiger charge is -2.10. The van der Waals surface area contributed by atoms with E-state index in [1.165, 1.54) is 6.08 Å². The third-order valence-corrected chi connectivity index (χ3v) is 4.16. The number of hydrogen-bond donors (Lipinski definition) is 0. The molecule has 0 saturated carbocycles. The largest absolute Gasteiger partial charge is 0.487 e. The second-order valence-corrected chi connectivity index (χ2v) is 7.43. The van der Waals surface area contributed by atoms with Crippen molar-refractivity contribution in [2.24, 2.45) is 0 Å². The normalized spacial score (nSPS) is 11.6. The van der Waals surface area contributed by atoms with Crippen LogP contribution in [-0.2, 0) is 16.1 Å². The Morgan fingerprint density at radius 2 is 1.81 bits per heavy atom. The average molecular weight is 419 g/mol. The minimum absolute atomic E-state index is 0.0426. The first-order chi connectivity index (χ1) is 14.9. The Hall–Kier alpha value is -3.79. The van der Waals surface area contributed by atoms with Crippen LogP contribution in [0.25, 0.3) is 11.7 Å². The monoisotopic (exact) mass is 419 g/mol. The number of rotatable bonds is 8. The molecule has 0 aliphatic heterocycles. The van der Waals surface area contributed by atoms with Crippen molar-refractivity contribution in [1.29, 1.82) is 5.26 Å². The summed E-state index contributed by atoms with van der Waals surface area (Å²) in [7, 11) is 0. The van der Waals surface area contributed by atoms with Gasteiger partial charge in [0.1, 0.15) is 23.9 Å². The summed E-state index contributed by atoms with van der Waals surface area (Å²) >= 11 is 0. The fourth-order valence-corrected chi connectivity index (χ4v) is 2.90. The van der Waals surface area contributed by atoms with E-state index in [1.807, 2.05) is 76.2 Å². The number of pyridine rings is 1. The summed E-state index contributed by atoms with van der Waals surface area (Å²) < 4.78 is 18.7. The first-order valence-corrected chi connectivity index (χ1v) is 10.1. The van der Waals surface area contributed by atoms with E-state index in [-0.39, 0.29) is 24.4 Å². The maximum atomic E-state index is 12.5. The lowest BCUT2D eigenvalue weighted by atomic mass is 10.2. The number of aromatic nitrogens is 2. The van der Waals surface area contributed by atoms with Crippen molar-refractivity contribution in [3.05, 3.63) is 65.5 Å². The summed E-state index contributed by atoms with van der Waals surface area (Å²) in [4.78, 5) is 17.1. The molecule has 0 spiro atoms. The van der Waals surface area contributed by atoms with Crippen LogP contribution in [-0.4, -0.2) is 27.6 Å². The number of esters is 1. The quantitative estimate of drug-likeness (QED) is 0.302. The van der Waals surface area contributed by atoms with Gasteiger partial charge in [0.2, 0.25) is 5.88 Å². The Balaban J connectivity index is 1.99. The Bertz CT molecular complexity index is 1120. The lowest BCUT2D eigenvalue weighted by Crippen LogP contribution is -2.09. The molecule has 7 heteroatoms. The van der Waals surface area contributed by atoms with Gasteiger partial charge in [0.15, 0.2) is 11.4 Å². The molecule has 31 heavy (non-hydrogen) atoms. The van der Waals surface area contributed by atoms with Gasteiger partial charge in [0.25, 0.3) is 0 Å². The van der Waals surface area contributed by atoms with Crippen LogP contribution >= 0.6 is 0 Å². The number of hydrogen-bond acceptors (Lipinski definition) is 6. The van der Waals surface area contributed by atoms with Gasteiger partial charge in [-0.3, -0.25) is 4.40 Å². The zero-order valence-electron chi connectivity index (χ0n) is 18.0. The fraction of sp³-hybridized carbons (Fsp3) is 0.292. The molecule has 2 heterocycles. The smallest absolute Gasteiger partial charge is 0.349 e. The topological polar surface area (TPSA) is 85.9 Å². The molecule has 0 aliphatic carbocycles. The number of ether oxygens (including phenoxy) is 3. The molecule has 1 aromatic carbocycles. The predicted octanol–water partition coefficient (Wildman–Crippen LogP) is 4.56. The second-order valence-electron chi connectivity index (χ2n) is 7.43. The molecule has 0 unspecified atom stereocenters. The summed E-state index contributed by atoms with van der Waals surface area (Å²) in [6.45, 7) is 7.68. The molecule has 0 amide bonds. The van der Waals surface area contributed by atoms with Crippen molar-refractivity contribution in [2.45, 2.75) is 46.5 Å². The highest BCUT2D eigenvalue weighted by Crippen LogP contribution is 2.29. The van der Waals surface area contributed by atoms with Crippen LogP contribution in [0.1, 0.15) is 39.0 Å². The van der Waals surface area contributed by atoms with Crippen LogP contribution in [0, 0.1) is 11.3 Å². The van der Waals surface area contributed by atoms with Crippen LogP contribution in [0.5, 0.6) is 11.6 Å². The minimum atomic E-state index is -0.716. The summed E-state index contributed by atoms with van der Waals surface area (Å²) in [5, 5.41) is 9.60. The van der Waals surface area contributed by atoms with E-state index in [4.69, 9.17) is 14.2 Å². The van der Waals surface area contributed by atoms with E-state index in [9.17, 15) is 10.1 Å². The zero-order valence-corrected chi connectivity index (χ0v) is 18.0. The van der Waals surface area contributed by atoms with Crippen molar-refractivity contribution in [1.82, 2.24) is 9.38 Å². The van der Waals surface area contributed by atoms with Crippen molar-refractivity contribution in [2.75, 3.05) is 0 Å². The molecule has 160 valence electrons. The third kappa shape index (κ3) is 5.43. The van der Waals surface area contributed by atoms with Crippen LogP contribution in [0.2, 0.25) is 0 Å². The summed E-state index contributed by atoms with van der Waals surface area (Å²) in [5.41, 5.74) is 1.68. The molecular formula is C24H25N3O4. The molecule has 0 radical (unpaired) electrons. The van der Waals surface area contributed by atoms with Gasteiger partial charge in [-0.1, -0.05) is 30.3 Å². The summed E-state index contributed by atoms with van der Waals surface area (Å²) in [5.74, 6) is 0.167. The number of nitriles is 1. The number of nitrogens with zero attached hydrogens (tertiary/aromatic N) is 3. The Labute approximate surface area is 181 Å². The predicted molar refractivity (Wildman–Crippen MR) is 117 cm³/mol. The molecule has 2 aromatic heterocycles. The van der Waals surface area contributed by atoms with Gasteiger partial charge in [-0.25, -0.2) is 4.79 Å². The molecule has 0 saturated heterocycles. The molecule has 3 aromatic rings. The molecule has 7 nitrogen and oxygen atoms in total. The third-order valence-electron chi connectivity index (χ3n) is 4.16. The van der Waals surface area contributed by atoms with Gasteiger partial charge in [-0.05, 0) is 51.5 Å². The van der Waals surface area contributed by atoms with E-state index in [1.54, 1.807) is 10.6 Å². The van der Waals surface area contributed by atoms with Crippen molar-refractivity contribution in [3.8, 4) is 17.7 Å². The highest BCUT2D eigenvalue weighted by atomic mass is 16.5. The first-order valence-electron chi connectivity index (χ1n) is 10.1. The Morgan fingerprint density at radius 3 is 2.45 bits per heavy atom. The van der Waals surface area contributed by atoms with Crippen LogP contribution in [0.15, 0.2) is 54.2 Å². The van der Waals surface area contributed by atoms with E-state index in [2.05, 4.69) is 4.98 Å². The standard InChI is InChI=1S/C24H25N3O4/c1-16(2)30-21-11-8-12-27-20(23(26-22(21)27)31-17(3)4)13-19(14-25)24(28)29-15-18-9-6-5-7-10-18/h5-13,16-17H,15H2,1-4H3/b19-13-. The van der Waals surface area contributed by atoms with Crippen LogP contribution < -0.4 is 9.47 Å². The maximum absolute atomic E-state index is 12.5. The molecule has 3 rings (SSSR count). The van der Waals surface area contributed by atoms with E-state index in [0.29, 0.717) is 23.0 Å². The number of imidazole rings is 1. The van der Waals surface area contributed by atoms with Gasteiger partial charge in [-0.15, -0.1) is 0 Å². The highest BCUT2D eigenvalue weighted by Gasteiger charge is 2.20. The zero-order chi connectivity index (χ0) is 22.4. The van der Waals surface area contributed by atoms with Gasteiger partial charge in [-0.2, -0.15) is 10.2 Å². The van der Waals surface area contributed by atoms with Gasteiger partial charge >= 0.3 is 5.97 Å². The van der Waals surface area contributed by atoms with Gasteiger partial charge in [0, 0.05) is 6.20 Å². The van der Waals surface area contributed by atoms with Crippen LogP contribution in [0.3, 0.4) is 0 Å². The molecular weight excluding hydrogens is 394 g/mol. The summed E-state index contributed by atoms with van der Waals surface area (Å²) in [6.07, 6.45) is 3.02. The molecule has 0 N–H and O–H groups in total. The number of carbonyl (C=O) groups is 1. The molecule has 0 aliphatic rings.